The molecule has 88 valence electrons. The first kappa shape index (κ1) is 11.7. The quantitative estimate of drug-likeness (QED) is 0.864. The maximum atomic E-state index is 13.0. The van der Waals surface area contributed by atoms with Gasteiger partial charge in [0.1, 0.15) is 11.6 Å². The molecule has 0 saturated heterocycles. The zero-order valence-corrected chi connectivity index (χ0v) is 9.81. The molecule has 1 atom stereocenters. The number of aromatic nitrogens is 2. The van der Waals surface area contributed by atoms with Crippen LogP contribution in [0.5, 0.6) is 0 Å². The van der Waals surface area contributed by atoms with Gasteiger partial charge < -0.3 is 5.73 Å². The smallest absolute Gasteiger partial charge is 0.144 e. The van der Waals surface area contributed by atoms with E-state index in [1.807, 2.05) is 13.8 Å². The van der Waals surface area contributed by atoms with Crippen LogP contribution in [-0.2, 0) is 0 Å². The van der Waals surface area contributed by atoms with Gasteiger partial charge in [0.25, 0.3) is 0 Å². The molecule has 0 aliphatic carbocycles. The second-order valence-electron chi connectivity index (χ2n) is 4.08. The van der Waals surface area contributed by atoms with Gasteiger partial charge in [0.05, 0.1) is 6.04 Å². The highest BCUT2D eigenvalue weighted by atomic mass is 19.1. The second kappa shape index (κ2) is 4.59. The fourth-order valence-electron chi connectivity index (χ4n) is 1.66. The number of nitrogens with zero attached hydrogens (tertiary/aromatic N) is 2. The van der Waals surface area contributed by atoms with Crippen molar-refractivity contribution in [2.24, 2.45) is 5.73 Å². The summed E-state index contributed by atoms with van der Waals surface area (Å²) < 4.78 is 13.0. The topological polar surface area (TPSA) is 51.8 Å². The minimum absolute atomic E-state index is 0.182. The molecule has 0 spiro atoms. The number of nitrogens with two attached hydrogens (primary N) is 1. The number of rotatable bonds is 2. The van der Waals surface area contributed by atoms with Crippen LogP contribution in [0, 0.1) is 12.7 Å². The first-order chi connectivity index (χ1) is 8.08. The summed E-state index contributed by atoms with van der Waals surface area (Å²) >= 11 is 0. The molecule has 1 heterocycles. The molecule has 0 amide bonds. The minimum Gasteiger partial charge on any atom is -0.322 e. The Hall–Kier alpha value is -1.81. The molecule has 2 N–H and O–H groups in total. The minimum atomic E-state index is -0.237. The lowest BCUT2D eigenvalue weighted by molar-refractivity contribution is 0.627. The lowest BCUT2D eigenvalue weighted by Crippen LogP contribution is -2.09. The molecule has 4 heteroatoms. The fraction of sp³-hybridized carbons (Fsp3) is 0.231. The van der Waals surface area contributed by atoms with Crippen LogP contribution in [0.3, 0.4) is 0 Å². The van der Waals surface area contributed by atoms with E-state index in [1.54, 1.807) is 18.5 Å². The van der Waals surface area contributed by atoms with E-state index in [0.29, 0.717) is 5.82 Å². The third-order valence-corrected chi connectivity index (χ3v) is 2.58. The summed E-state index contributed by atoms with van der Waals surface area (Å²) in [6.45, 7) is 3.69. The highest BCUT2D eigenvalue weighted by molar-refractivity contribution is 5.65. The van der Waals surface area contributed by atoms with Crippen LogP contribution < -0.4 is 5.73 Å². The molecule has 3 nitrogen and oxygen atoms in total. The van der Waals surface area contributed by atoms with Crippen LogP contribution in [0.25, 0.3) is 11.1 Å². The molecule has 17 heavy (non-hydrogen) atoms. The Bertz CT molecular complexity index is 521. The van der Waals surface area contributed by atoms with E-state index in [1.165, 1.54) is 12.1 Å². The maximum absolute atomic E-state index is 13.0. The van der Waals surface area contributed by atoms with E-state index in [0.717, 1.165) is 16.7 Å². The third-order valence-electron chi connectivity index (χ3n) is 2.58. The van der Waals surface area contributed by atoms with Gasteiger partial charge in [0.15, 0.2) is 0 Å². The van der Waals surface area contributed by atoms with Gasteiger partial charge in [-0.05, 0) is 37.1 Å². The molecule has 1 unspecified atom stereocenters. The third kappa shape index (κ3) is 2.47. The molecule has 2 aromatic rings. The Morgan fingerprint density at radius 1 is 1.24 bits per heavy atom. The van der Waals surface area contributed by atoms with Gasteiger partial charge in [-0.1, -0.05) is 6.07 Å². The zero-order chi connectivity index (χ0) is 12.4. The Kier molecular flexibility index (Phi) is 3.15. The Labute approximate surface area is 99.5 Å². The number of benzene rings is 1. The van der Waals surface area contributed by atoms with Crippen LogP contribution in [-0.4, -0.2) is 9.97 Å². The molecule has 0 aliphatic heterocycles. The van der Waals surface area contributed by atoms with Crippen LogP contribution in [0.4, 0.5) is 4.39 Å². The zero-order valence-electron chi connectivity index (χ0n) is 9.81. The lowest BCUT2D eigenvalue weighted by Gasteiger charge is -2.07. The highest BCUT2D eigenvalue weighted by Gasteiger charge is 2.06. The van der Waals surface area contributed by atoms with Gasteiger partial charge in [-0.2, -0.15) is 0 Å². The van der Waals surface area contributed by atoms with E-state index in [2.05, 4.69) is 9.97 Å². The summed E-state index contributed by atoms with van der Waals surface area (Å²) in [5.74, 6) is 0.368. The molecule has 0 aliphatic rings. The number of hydrogen-bond acceptors (Lipinski definition) is 3. The van der Waals surface area contributed by atoms with Gasteiger partial charge in [-0.3, -0.25) is 0 Å². The van der Waals surface area contributed by atoms with E-state index in [-0.39, 0.29) is 11.9 Å². The molecule has 0 fully saturated rings. The van der Waals surface area contributed by atoms with Gasteiger partial charge in [0.2, 0.25) is 0 Å². The monoisotopic (exact) mass is 231 g/mol. The molecule has 0 radical (unpaired) electrons. The molecule has 1 aromatic heterocycles. The predicted molar refractivity (Wildman–Crippen MR) is 64.8 cm³/mol. The SMILES string of the molecule is Cc1cc(F)ccc1-c1cnc(C(C)N)nc1. The first-order valence-corrected chi connectivity index (χ1v) is 5.42. The van der Waals surface area contributed by atoms with Crippen molar-refractivity contribution >= 4 is 0 Å². The van der Waals surface area contributed by atoms with Crippen molar-refractivity contribution in [2.45, 2.75) is 19.9 Å². The summed E-state index contributed by atoms with van der Waals surface area (Å²) in [4.78, 5) is 8.38. The average Bonchev–Trinajstić information content (AvgIpc) is 2.29. The summed E-state index contributed by atoms with van der Waals surface area (Å²) in [6.07, 6.45) is 3.43. The molecule has 0 bridgehead atoms. The summed E-state index contributed by atoms with van der Waals surface area (Å²) in [5.41, 5.74) is 8.34. The maximum Gasteiger partial charge on any atom is 0.144 e. The number of halogens is 1. The van der Waals surface area contributed by atoms with Crippen molar-refractivity contribution < 1.29 is 4.39 Å². The van der Waals surface area contributed by atoms with Crippen LogP contribution in [0.15, 0.2) is 30.6 Å². The van der Waals surface area contributed by atoms with Crippen molar-refractivity contribution in [3.8, 4) is 11.1 Å². The predicted octanol–water partition coefficient (Wildman–Crippen LogP) is 2.61. The molecular weight excluding hydrogens is 217 g/mol. The van der Waals surface area contributed by atoms with Crippen LogP contribution in [0.1, 0.15) is 24.4 Å². The van der Waals surface area contributed by atoms with Crippen molar-refractivity contribution in [3.05, 3.63) is 47.8 Å². The van der Waals surface area contributed by atoms with Crippen molar-refractivity contribution in [3.63, 3.8) is 0 Å². The Morgan fingerprint density at radius 2 is 1.88 bits per heavy atom. The summed E-state index contributed by atoms with van der Waals surface area (Å²) in [7, 11) is 0. The van der Waals surface area contributed by atoms with Crippen molar-refractivity contribution in [2.75, 3.05) is 0 Å². The van der Waals surface area contributed by atoms with Gasteiger partial charge in [-0.25, -0.2) is 14.4 Å². The Morgan fingerprint density at radius 3 is 2.41 bits per heavy atom. The van der Waals surface area contributed by atoms with Crippen LogP contribution in [0.2, 0.25) is 0 Å². The number of hydrogen-bond donors (Lipinski definition) is 1. The lowest BCUT2D eigenvalue weighted by atomic mass is 10.0. The van der Waals surface area contributed by atoms with Gasteiger partial charge in [0, 0.05) is 18.0 Å². The van der Waals surface area contributed by atoms with E-state index in [9.17, 15) is 4.39 Å². The Balaban J connectivity index is 2.40. The standard InChI is InChI=1S/C13H14FN3/c1-8-5-11(14)3-4-12(8)10-6-16-13(9(2)15)17-7-10/h3-7,9H,15H2,1-2H3. The summed E-state index contributed by atoms with van der Waals surface area (Å²) in [5, 5.41) is 0. The van der Waals surface area contributed by atoms with E-state index < -0.39 is 0 Å². The normalized spacial score (nSPS) is 12.5. The largest absolute Gasteiger partial charge is 0.322 e. The van der Waals surface area contributed by atoms with Gasteiger partial charge >= 0.3 is 0 Å². The molecular formula is C13H14FN3. The first-order valence-electron chi connectivity index (χ1n) is 5.42. The molecule has 1 aromatic carbocycles. The average molecular weight is 231 g/mol. The van der Waals surface area contributed by atoms with Crippen molar-refractivity contribution in [1.82, 2.24) is 9.97 Å². The van der Waals surface area contributed by atoms with E-state index >= 15 is 0 Å². The number of aryl methyl sites for hydroxylation is 1. The van der Waals surface area contributed by atoms with Crippen molar-refractivity contribution in [1.29, 1.82) is 0 Å². The second-order valence-corrected chi connectivity index (χ2v) is 4.08. The molecule has 2 rings (SSSR count). The highest BCUT2D eigenvalue weighted by Crippen LogP contribution is 2.22. The molecule has 0 saturated carbocycles. The fourth-order valence-corrected chi connectivity index (χ4v) is 1.66. The van der Waals surface area contributed by atoms with E-state index in [4.69, 9.17) is 5.73 Å². The summed E-state index contributed by atoms with van der Waals surface area (Å²) in [6, 6.07) is 4.48. The van der Waals surface area contributed by atoms with Gasteiger partial charge in [-0.15, -0.1) is 0 Å². The van der Waals surface area contributed by atoms with Crippen LogP contribution >= 0.6 is 0 Å².